The normalized spacial score (nSPS) is 10.5. The van der Waals surface area contributed by atoms with Gasteiger partial charge < -0.3 is 0 Å². The summed E-state index contributed by atoms with van der Waals surface area (Å²) in [6.07, 6.45) is 1.47. The van der Waals surface area contributed by atoms with Gasteiger partial charge in [0, 0.05) is 0 Å². The number of aromatic nitrogens is 4. The van der Waals surface area contributed by atoms with Crippen molar-refractivity contribution >= 4 is 26.7 Å². The minimum absolute atomic E-state index is 0.176. The average molecular weight is 215 g/mol. The van der Waals surface area contributed by atoms with E-state index >= 15 is 0 Å². The Balaban J connectivity index is 3.15. The molecule has 0 spiro atoms. The molecule has 11 heavy (non-hydrogen) atoms. The zero-order chi connectivity index (χ0) is 7.84. The van der Waals surface area contributed by atoms with E-state index in [0.717, 1.165) is 0 Å². The van der Waals surface area contributed by atoms with Crippen LogP contribution >= 0.6 is 0 Å². The van der Waals surface area contributed by atoms with E-state index in [9.17, 15) is 4.79 Å². The number of fused-ring (bicyclic) bond motifs is 1. The Labute approximate surface area is 68.2 Å². The fraction of sp³-hybridized carbons (Fsp3) is 0. The molecule has 0 bridgehead atoms. The maximum atomic E-state index is 11.1. The zero-order valence-electron chi connectivity index (χ0n) is 5.34. The number of nitrogens with one attached hydrogen (secondary N) is 3. The molecule has 3 N–H and O–H groups in total. The number of imidazole rings is 1. The summed E-state index contributed by atoms with van der Waals surface area (Å²) in [4.78, 5) is 23.1. The van der Waals surface area contributed by atoms with Gasteiger partial charge in [-0.3, -0.25) is 0 Å². The quantitative estimate of drug-likeness (QED) is 0.507. The van der Waals surface area contributed by atoms with Gasteiger partial charge in [0.15, 0.2) is 0 Å². The van der Waals surface area contributed by atoms with Crippen LogP contribution in [-0.4, -0.2) is 35.5 Å². The third-order valence-electron chi connectivity index (χ3n) is 1.33. The second-order valence-electron chi connectivity index (χ2n) is 2.03. The second-order valence-corrected chi connectivity index (χ2v) is 2.89. The third-order valence-corrected chi connectivity index (χ3v) is 1.75. The molecule has 0 saturated carbocycles. The van der Waals surface area contributed by atoms with Gasteiger partial charge in [-0.2, -0.15) is 0 Å². The molecule has 0 aliphatic carbocycles. The van der Waals surface area contributed by atoms with Crippen LogP contribution in [0.25, 0.3) is 11.2 Å². The van der Waals surface area contributed by atoms with Crippen LogP contribution in [0, 0.1) is 4.32 Å². The van der Waals surface area contributed by atoms with Gasteiger partial charge in [0.05, 0.1) is 0 Å². The van der Waals surface area contributed by atoms with Crippen molar-refractivity contribution in [3.63, 3.8) is 0 Å². The van der Waals surface area contributed by atoms with Gasteiger partial charge >= 0.3 is 67.7 Å². The minimum atomic E-state index is -0.176. The molecule has 2 aromatic rings. The maximum absolute atomic E-state index is 11.1. The molecule has 0 aliphatic rings. The Hall–Kier alpha value is -1.13. The molecular formula is C5H4N4OSe. The Morgan fingerprint density at radius 2 is 2.27 bits per heavy atom. The summed E-state index contributed by atoms with van der Waals surface area (Å²) in [5, 5.41) is 0. The summed E-state index contributed by atoms with van der Waals surface area (Å²) >= 11 is 2.66. The van der Waals surface area contributed by atoms with E-state index in [1.165, 1.54) is 6.33 Å². The van der Waals surface area contributed by atoms with Crippen LogP contribution in [0.2, 0.25) is 0 Å². The van der Waals surface area contributed by atoms with E-state index in [2.05, 4.69) is 35.5 Å². The van der Waals surface area contributed by atoms with Crippen molar-refractivity contribution in [2.75, 3.05) is 0 Å². The first-order valence-corrected chi connectivity index (χ1v) is 3.79. The van der Waals surface area contributed by atoms with Gasteiger partial charge in [0.1, 0.15) is 0 Å². The van der Waals surface area contributed by atoms with Crippen molar-refractivity contribution < 1.29 is 0 Å². The predicted octanol–water partition coefficient (Wildman–Crippen LogP) is -0.720. The van der Waals surface area contributed by atoms with Crippen molar-refractivity contribution in [1.82, 2.24) is 19.9 Å². The number of hydrogen-bond donors (Lipinski definition) is 3. The molecule has 0 atom stereocenters. The summed E-state index contributed by atoms with van der Waals surface area (Å²) < 4.78 is 0.578. The number of nitrogens with zero attached hydrogens (tertiary/aromatic N) is 1. The van der Waals surface area contributed by atoms with Crippen LogP contribution in [0.4, 0.5) is 0 Å². The third kappa shape index (κ3) is 0.961. The van der Waals surface area contributed by atoms with E-state index in [1.807, 2.05) is 0 Å². The van der Waals surface area contributed by atoms with Gasteiger partial charge in [-0.15, -0.1) is 0 Å². The summed E-state index contributed by atoms with van der Waals surface area (Å²) in [6, 6.07) is 0. The summed E-state index contributed by atoms with van der Waals surface area (Å²) in [6.45, 7) is 0. The van der Waals surface area contributed by atoms with Crippen LogP contribution in [0.3, 0.4) is 0 Å². The predicted molar refractivity (Wildman–Crippen MR) is 40.1 cm³/mol. The molecule has 2 aromatic heterocycles. The number of H-pyrrole nitrogens is 3. The summed E-state index contributed by atoms with van der Waals surface area (Å²) in [5.74, 6) is 0. The molecule has 0 saturated heterocycles. The second kappa shape index (κ2) is 2.18. The standard InChI is InChI=1S/C5H4N4OSe/c10-4-2-3(7-1-6-2)8-5(11)9-4/h1H,(H3,6,7,8,9,10,11). The molecule has 56 valence electrons. The SMILES string of the molecule is O=c1[nH]c(=[Se])[nH]c2nc[nH]c12. The summed E-state index contributed by atoms with van der Waals surface area (Å²) in [7, 11) is 0. The first-order chi connectivity index (χ1) is 5.27. The fourth-order valence-corrected chi connectivity index (χ4v) is 1.26. The van der Waals surface area contributed by atoms with Crippen LogP contribution in [0.5, 0.6) is 0 Å². The molecule has 0 aliphatic heterocycles. The van der Waals surface area contributed by atoms with Gasteiger partial charge in [-0.1, -0.05) is 0 Å². The van der Waals surface area contributed by atoms with Crippen molar-refractivity contribution in [3.05, 3.63) is 21.0 Å². The fourth-order valence-electron chi connectivity index (χ4n) is 0.867. The number of rotatable bonds is 0. The first-order valence-electron chi connectivity index (χ1n) is 2.93. The molecular weight excluding hydrogens is 211 g/mol. The molecule has 2 heterocycles. The Kier molecular flexibility index (Phi) is 1.30. The van der Waals surface area contributed by atoms with Gasteiger partial charge in [-0.05, 0) is 0 Å². The van der Waals surface area contributed by atoms with Crippen LogP contribution in [-0.2, 0) is 0 Å². The van der Waals surface area contributed by atoms with Crippen molar-refractivity contribution in [3.8, 4) is 0 Å². The molecule has 5 nitrogen and oxygen atoms in total. The summed E-state index contributed by atoms with van der Waals surface area (Å²) in [5.41, 5.74) is 0.844. The molecule has 0 aromatic carbocycles. The Morgan fingerprint density at radius 3 is 3.09 bits per heavy atom. The van der Waals surface area contributed by atoms with Crippen LogP contribution < -0.4 is 5.56 Å². The first kappa shape index (κ1) is 6.57. The molecule has 0 unspecified atom stereocenters. The molecule has 0 fully saturated rings. The van der Waals surface area contributed by atoms with Crippen molar-refractivity contribution in [1.29, 1.82) is 0 Å². The average Bonchev–Trinajstić information content (AvgIpc) is 2.34. The van der Waals surface area contributed by atoms with Gasteiger partial charge in [0.25, 0.3) is 0 Å². The van der Waals surface area contributed by atoms with Crippen molar-refractivity contribution in [2.45, 2.75) is 0 Å². The van der Waals surface area contributed by atoms with E-state index in [-0.39, 0.29) is 5.56 Å². The topological polar surface area (TPSA) is 77.3 Å². The molecule has 6 heteroatoms. The van der Waals surface area contributed by atoms with E-state index in [0.29, 0.717) is 15.5 Å². The number of aromatic amines is 3. The molecule has 2 rings (SSSR count). The molecule has 0 amide bonds. The van der Waals surface area contributed by atoms with Gasteiger partial charge in [-0.25, -0.2) is 0 Å². The Bertz CT molecular complexity index is 493. The van der Waals surface area contributed by atoms with Gasteiger partial charge in [0.2, 0.25) is 0 Å². The van der Waals surface area contributed by atoms with Crippen LogP contribution in [0.1, 0.15) is 0 Å². The van der Waals surface area contributed by atoms with E-state index in [1.54, 1.807) is 0 Å². The van der Waals surface area contributed by atoms with Crippen LogP contribution in [0.15, 0.2) is 11.1 Å². The van der Waals surface area contributed by atoms with Crippen molar-refractivity contribution in [2.24, 2.45) is 0 Å². The molecule has 0 radical (unpaired) electrons. The zero-order valence-corrected chi connectivity index (χ0v) is 7.05. The van der Waals surface area contributed by atoms with E-state index < -0.39 is 0 Å². The number of hydrogen-bond acceptors (Lipinski definition) is 2. The monoisotopic (exact) mass is 216 g/mol. The Morgan fingerprint density at radius 1 is 1.45 bits per heavy atom. The van der Waals surface area contributed by atoms with E-state index in [4.69, 9.17) is 0 Å².